The minimum Gasteiger partial charge on any atom is -0.492 e. The lowest BCUT2D eigenvalue weighted by atomic mass is 10.1. The van der Waals surface area contributed by atoms with Crippen LogP contribution in [0.1, 0.15) is 43.5 Å². The number of anilines is 1. The molecule has 1 aliphatic rings. The number of rotatable bonds is 6. The first kappa shape index (κ1) is 20.4. The third-order valence-corrected chi connectivity index (χ3v) is 6.89. The fourth-order valence-corrected chi connectivity index (χ4v) is 5.15. The fourth-order valence-electron chi connectivity index (χ4n) is 3.41. The average Bonchev–Trinajstić information content (AvgIpc) is 2.70. The van der Waals surface area contributed by atoms with Gasteiger partial charge in [0.25, 0.3) is 5.91 Å². The fraction of sp³-hybridized carbons (Fsp3) is 0.381. The van der Waals surface area contributed by atoms with Crippen molar-refractivity contribution in [1.82, 2.24) is 4.31 Å². The SMILES string of the molecule is CCOc1ccccc1NC(=O)c1cccc(S(=O)(=O)N2CCCCC2C)c1. The molecule has 1 heterocycles. The molecular weight excluding hydrogens is 376 g/mol. The first-order chi connectivity index (χ1) is 13.4. The molecule has 0 aromatic heterocycles. The van der Waals surface area contributed by atoms with E-state index in [0.717, 1.165) is 19.3 Å². The Hall–Kier alpha value is -2.38. The standard InChI is InChI=1S/C21H26N2O4S/c1-3-27-20-13-5-4-12-19(20)22-21(24)17-10-8-11-18(15-17)28(25,26)23-14-7-6-9-16(23)2/h4-5,8,10-13,15-16H,3,6-7,9,14H2,1-2H3,(H,22,24). The van der Waals surface area contributed by atoms with E-state index in [9.17, 15) is 13.2 Å². The molecule has 7 heteroatoms. The van der Waals surface area contributed by atoms with E-state index >= 15 is 0 Å². The number of benzene rings is 2. The van der Waals surface area contributed by atoms with Crippen LogP contribution in [-0.4, -0.2) is 37.8 Å². The second-order valence-corrected chi connectivity index (χ2v) is 8.76. The molecule has 2 aromatic carbocycles. The van der Waals surface area contributed by atoms with Crippen molar-refractivity contribution < 1.29 is 17.9 Å². The van der Waals surface area contributed by atoms with Crippen molar-refractivity contribution >= 4 is 21.6 Å². The van der Waals surface area contributed by atoms with Crippen molar-refractivity contribution in [1.29, 1.82) is 0 Å². The zero-order chi connectivity index (χ0) is 20.1. The molecule has 0 bridgehead atoms. The van der Waals surface area contributed by atoms with Gasteiger partial charge in [-0.3, -0.25) is 4.79 Å². The first-order valence-electron chi connectivity index (χ1n) is 9.58. The van der Waals surface area contributed by atoms with Gasteiger partial charge in [0, 0.05) is 18.2 Å². The van der Waals surface area contributed by atoms with Gasteiger partial charge >= 0.3 is 0 Å². The summed E-state index contributed by atoms with van der Waals surface area (Å²) in [6.45, 7) is 4.79. The van der Waals surface area contributed by atoms with Gasteiger partial charge in [0.15, 0.2) is 0 Å². The summed E-state index contributed by atoms with van der Waals surface area (Å²) in [5.41, 5.74) is 0.837. The number of hydrogen-bond acceptors (Lipinski definition) is 4. The maximum absolute atomic E-state index is 13.0. The molecule has 1 amide bonds. The number of nitrogens with one attached hydrogen (secondary N) is 1. The number of sulfonamides is 1. The van der Waals surface area contributed by atoms with E-state index in [1.807, 2.05) is 19.9 Å². The number of amides is 1. The van der Waals surface area contributed by atoms with Crippen molar-refractivity contribution in [3.8, 4) is 5.75 Å². The summed E-state index contributed by atoms with van der Waals surface area (Å²) in [5.74, 6) is 0.195. The Balaban J connectivity index is 1.84. The molecule has 0 spiro atoms. The van der Waals surface area contributed by atoms with E-state index in [2.05, 4.69) is 5.32 Å². The molecule has 28 heavy (non-hydrogen) atoms. The Morgan fingerprint density at radius 1 is 1.18 bits per heavy atom. The Bertz CT molecular complexity index is 943. The van der Waals surface area contributed by atoms with Crippen LogP contribution in [0.5, 0.6) is 5.75 Å². The third-order valence-electron chi connectivity index (χ3n) is 4.88. The van der Waals surface area contributed by atoms with Crippen LogP contribution in [0, 0.1) is 0 Å². The van der Waals surface area contributed by atoms with Crippen LogP contribution >= 0.6 is 0 Å². The van der Waals surface area contributed by atoms with Gasteiger partial charge in [-0.25, -0.2) is 8.42 Å². The molecule has 0 saturated carbocycles. The topological polar surface area (TPSA) is 75.7 Å². The molecule has 150 valence electrons. The van der Waals surface area contributed by atoms with E-state index in [1.165, 1.54) is 10.4 Å². The van der Waals surface area contributed by atoms with E-state index in [4.69, 9.17) is 4.74 Å². The maximum atomic E-state index is 13.0. The van der Waals surface area contributed by atoms with Crippen molar-refractivity contribution in [2.45, 2.75) is 44.0 Å². The molecule has 1 N–H and O–H groups in total. The highest BCUT2D eigenvalue weighted by Crippen LogP contribution is 2.27. The van der Waals surface area contributed by atoms with Gasteiger partial charge < -0.3 is 10.1 Å². The molecule has 1 saturated heterocycles. The van der Waals surface area contributed by atoms with Crippen molar-refractivity contribution in [3.05, 3.63) is 54.1 Å². The van der Waals surface area contributed by atoms with E-state index < -0.39 is 10.0 Å². The Morgan fingerprint density at radius 3 is 2.71 bits per heavy atom. The zero-order valence-corrected chi connectivity index (χ0v) is 17.0. The minimum atomic E-state index is -3.63. The number of carbonyl (C=O) groups excluding carboxylic acids is 1. The Kier molecular flexibility index (Phi) is 6.36. The highest BCUT2D eigenvalue weighted by atomic mass is 32.2. The molecular formula is C21H26N2O4S. The zero-order valence-electron chi connectivity index (χ0n) is 16.2. The van der Waals surface area contributed by atoms with Crippen LogP contribution in [0.25, 0.3) is 0 Å². The average molecular weight is 403 g/mol. The highest BCUT2D eigenvalue weighted by Gasteiger charge is 2.31. The normalized spacial score (nSPS) is 17.9. The van der Waals surface area contributed by atoms with Gasteiger partial charge in [0.2, 0.25) is 10.0 Å². The summed E-state index contributed by atoms with van der Waals surface area (Å²) >= 11 is 0. The molecule has 6 nitrogen and oxygen atoms in total. The van der Waals surface area contributed by atoms with Gasteiger partial charge in [-0.05, 0) is 57.0 Å². The van der Waals surface area contributed by atoms with E-state index in [-0.39, 0.29) is 22.4 Å². The predicted octanol–water partition coefficient (Wildman–Crippen LogP) is 3.90. The van der Waals surface area contributed by atoms with Gasteiger partial charge in [0.1, 0.15) is 5.75 Å². The monoisotopic (exact) mass is 402 g/mol. The van der Waals surface area contributed by atoms with Crippen LogP contribution in [0.3, 0.4) is 0 Å². The summed E-state index contributed by atoms with van der Waals surface area (Å²) in [4.78, 5) is 12.9. The Morgan fingerprint density at radius 2 is 1.96 bits per heavy atom. The second kappa shape index (κ2) is 8.75. The van der Waals surface area contributed by atoms with Gasteiger partial charge in [-0.15, -0.1) is 0 Å². The quantitative estimate of drug-likeness (QED) is 0.795. The largest absolute Gasteiger partial charge is 0.492 e. The number of ether oxygens (including phenoxy) is 1. The van der Waals surface area contributed by atoms with Crippen LogP contribution < -0.4 is 10.1 Å². The third kappa shape index (κ3) is 4.36. The highest BCUT2D eigenvalue weighted by molar-refractivity contribution is 7.89. The summed E-state index contributed by atoms with van der Waals surface area (Å²) in [6.07, 6.45) is 2.75. The number of nitrogens with zero attached hydrogens (tertiary/aromatic N) is 1. The Labute approximate surface area is 166 Å². The van der Waals surface area contributed by atoms with Crippen molar-refractivity contribution in [2.24, 2.45) is 0 Å². The van der Waals surface area contributed by atoms with Gasteiger partial charge in [-0.2, -0.15) is 4.31 Å². The minimum absolute atomic E-state index is 0.0331. The number of carbonyl (C=O) groups is 1. The lowest BCUT2D eigenvalue weighted by Gasteiger charge is -2.32. The summed E-state index contributed by atoms with van der Waals surface area (Å²) in [7, 11) is -3.63. The van der Waals surface area contributed by atoms with E-state index in [1.54, 1.807) is 36.4 Å². The maximum Gasteiger partial charge on any atom is 0.255 e. The molecule has 1 atom stereocenters. The summed E-state index contributed by atoms with van der Waals surface area (Å²) < 4.78 is 33.2. The van der Waals surface area contributed by atoms with Crippen LogP contribution in [0.4, 0.5) is 5.69 Å². The molecule has 1 unspecified atom stereocenters. The number of hydrogen-bond donors (Lipinski definition) is 1. The van der Waals surface area contributed by atoms with Crippen LogP contribution in [0.15, 0.2) is 53.4 Å². The first-order valence-corrected chi connectivity index (χ1v) is 11.0. The van der Waals surface area contributed by atoms with Gasteiger partial charge in [-0.1, -0.05) is 24.6 Å². The van der Waals surface area contributed by atoms with Crippen LogP contribution in [0.2, 0.25) is 0 Å². The molecule has 1 aliphatic heterocycles. The molecule has 1 fully saturated rings. The molecule has 0 aliphatic carbocycles. The lowest BCUT2D eigenvalue weighted by Crippen LogP contribution is -2.41. The smallest absolute Gasteiger partial charge is 0.255 e. The second-order valence-electron chi connectivity index (χ2n) is 6.87. The number of piperidine rings is 1. The number of para-hydroxylation sites is 2. The van der Waals surface area contributed by atoms with E-state index in [0.29, 0.717) is 24.6 Å². The van der Waals surface area contributed by atoms with Crippen molar-refractivity contribution in [3.63, 3.8) is 0 Å². The molecule has 0 radical (unpaired) electrons. The lowest BCUT2D eigenvalue weighted by molar-refractivity contribution is 0.102. The van der Waals surface area contributed by atoms with Gasteiger partial charge in [0.05, 0.1) is 17.2 Å². The summed E-state index contributed by atoms with van der Waals surface area (Å²) in [6, 6.07) is 13.3. The molecule has 2 aromatic rings. The predicted molar refractivity (Wildman–Crippen MR) is 109 cm³/mol. The van der Waals surface area contributed by atoms with Crippen molar-refractivity contribution in [2.75, 3.05) is 18.5 Å². The van der Waals surface area contributed by atoms with Crippen LogP contribution in [-0.2, 0) is 10.0 Å². The molecule has 3 rings (SSSR count). The summed E-state index contributed by atoms with van der Waals surface area (Å²) in [5, 5.41) is 2.81.